The van der Waals surface area contributed by atoms with E-state index in [9.17, 15) is 4.79 Å². The largest absolute Gasteiger partial charge is 0.385 e. The van der Waals surface area contributed by atoms with Gasteiger partial charge in [0.2, 0.25) is 0 Å². The summed E-state index contributed by atoms with van der Waals surface area (Å²) in [6, 6.07) is 6.51. The highest BCUT2D eigenvalue weighted by molar-refractivity contribution is 9.10. The molecule has 2 unspecified atom stereocenters. The van der Waals surface area contributed by atoms with Gasteiger partial charge in [-0.25, -0.2) is 0 Å². The van der Waals surface area contributed by atoms with E-state index < -0.39 is 0 Å². The van der Waals surface area contributed by atoms with Crippen LogP contribution in [0.15, 0.2) is 27.5 Å². The van der Waals surface area contributed by atoms with Gasteiger partial charge in [-0.15, -0.1) is 0 Å². The number of H-pyrrole nitrogens is 1. The van der Waals surface area contributed by atoms with E-state index in [0.29, 0.717) is 18.4 Å². The molecule has 1 heterocycles. The van der Waals surface area contributed by atoms with E-state index in [-0.39, 0.29) is 11.1 Å². The summed E-state index contributed by atoms with van der Waals surface area (Å²) < 4.78 is 1.09. The maximum atomic E-state index is 12.7. The molecule has 1 saturated carbocycles. The maximum Gasteiger partial charge on any atom is 0.252 e. The number of hydrogen-bond acceptors (Lipinski definition) is 3. The molecule has 5 heteroatoms. The molecule has 0 radical (unpaired) electrons. The van der Waals surface area contributed by atoms with Gasteiger partial charge in [0.05, 0.1) is 0 Å². The van der Waals surface area contributed by atoms with Crippen LogP contribution in [0.4, 0.5) is 5.69 Å². The predicted octanol–water partition coefficient (Wildman–Crippen LogP) is 6.72. The lowest BCUT2D eigenvalue weighted by Gasteiger charge is -2.44. The molecule has 0 saturated heterocycles. The zero-order valence-corrected chi connectivity index (χ0v) is 22.2. The van der Waals surface area contributed by atoms with Crippen LogP contribution in [-0.2, 0) is 12.1 Å². The fourth-order valence-corrected chi connectivity index (χ4v) is 6.03. The molecule has 0 amide bonds. The Labute approximate surface area is 202 Å². The van der Waals surface area contributed by atoms with E-state index in [4.69, 9.17) is 0 Å². The molecule has 0 bridgehead atoms. The van der Waals surface area contributed by atoms with Crippen LogP contribution >= 0.6 is 15.9 Å². The first-order chi connectivity index (χ1) is 15.2. The fraction of sp³-hybridized carbons (Fsp3) is 0.593. The van der Waals surface area contributed by atoms with Gasteiger partial charge < -0.3 is 15.6 Å². The van der Waals surface area contributed by atoms with Gasteiger partial charge in [0.15, 0.2) is 0 Å². The monoisotopic (exact) mass is 501 g/mol. The van der Waals surface area contributed by atoms with Gasteiger partial charge in [-0.05, 0) is 81.3 Å². The second-order valence-corrected chi connectivity index (χ2v) is 10.8. The number of aromatic amines is 1. The summed E-state index contributed by atoms with van der Waals surface area (Å²) in [6.07, 6.45) is 6.57. The Morgan fingerprint density at radius 3 is 2.47 bits per heavy atom. The molecule has 1 aliphatic rings. The van der Waals surface area contributed by atoms with E-state index in [2.05, 4.69) is 77.4 Å². The van der Waals surface area contributed by atoms with Crippen molar-refractivity contribution in [2.24, 2.45) is 11.8 Å². The third-order valence-electron chi connectivity index (χ3n) is 7.69. The third-order valence-corrected chi connectivity index (χ3v) is 8.15. The maximum absolute atomic E-state index is 12.7. The standard InChI is InChI=1S/C27H40BrN3O/c1-7-29-25-15-22(28)14-24(19(25)4)27(6,20(5)21-11-9-8-10-12-21)30-16-23-17(2)13-18(3)31-26(23)32/h13-15,20-21,29-30H,7-12,16H2,1-6H3,(H,31,32). The van der Waals surface area contributed by atoms with Crippen molar-refractivity contribution in [1.82, 2.24) is 10.3 Å². The van der Waals surface area contributed by atoms with E-state index in [1.165, 1.54) is 48.9 Å². The van der Waals surface area contributed by atoms with E-state index >= 15 is 0 Å². The van der Waals surface area contributed by atoms with Crippen molar-refractivity contribution in [2.45, 2.75) is 85.7 Å². The molecule has 1 fully saturated rings. The molecular weight excluding hydrogens is 462 g/mol. The van der Waals surface area contributed by atoms with Gasteiger partial charge in [-0.2, -0.15) is 0 Å². The van der Waals surface area contributed by atoms with Crippen LogP contribution in [-0.4, -0.2) is 11.5 Å². The van der Waals surface area contributed by atoms with Gasteiger partial charge in [0.1, 0.15) is 0 Å². The lowest BCUT2D eigenvalue weighted by molar-refractivity contribution is 0.139. The highest BCUT2D eigenvalue weighted by Gasteiger charge is 2.39. The van der Waals surface area contributed by atoms with Crippen molar-refractivity contribution in [3.05, 3.63) is 61.0 Å². The van der Waals surface area contributed by atoms with Crippen molar-refractivity contribution in [3.63, 3.8) is 0 Å². The molecule has 1 aliphatic carbocycles. The Bertz CT molecular complexity index is 993. The van der Waals surface area contributed by atoms with E-state index in [0.717, 1.165) is 27.8 Å². The highest BCUT2D eigenvalue weighted by Crippen LogP contribution is 2.43. The molecule has 0 aliphatic heterocycles. The van der Waals surface area contributed by atoms with E-state index in [1.54, 1.807) is 0 Å². The molecule has 3 N–H and O–H groups in total. The number of hydrogen-bond donors (Lipinski definition) is 3. The van der Waals surface area contributed by atoms with Crippen molar-refractivity contribution < 1.29 is 0 Å². The molecular formula is C27H40BrN3O. The number of halogens is 1. The fourth-order valence-electron chi connectivity index (χ4n) is 5.57. The number of aryl methyl sites for hydroxylation is 2. The summed E-state index contributed by atoms with van der Waals surface area (Å²) >= 11 is 3.76. The number of rotatable bonds is 8. The molecule has 2 atom stereocenters. The highest BCUT2D eigenvalue weighted by atomic mass is 79.9. The zero-order chi connectivity index (χ0) is 23.5. The Morgan fingerprint density at radius 1 is 1.16 bits per heavy atom. The Hall–Kier alpha value is -1.59. The summed E-state index contributed by atoms with van der Waals surface area (Å²) in [5, 5.41) is 7.43. The van der Waals surface area contributed by atoms with E-state index in [1.807, 2.05) is 13.8 Å². The molecule has 0 spiro atoms. The average Bonchev–Trinajstić information content (AvgIpc) is 2.75. The molecule has 2 aromatic rings. The third kappa shape index (κ3) is 5.31. The zero-order valence-electron chi connectivity index (χ0n) is 20.6. The molecule has 32 heavy (non-hydrogen) atoms. The number of nitrogens with one attached hydrogen (secondary N) is 3. The van der Waals surface area contributed by atoms with Gasteiger partial charge in [-0.3, -0.25) is 4.79 Å². The molecule has 176 valence electrons. The minimum Gasteiger partial charge on any atom is -0.385 e. The first-order valence-electron chi connectivity index (χ1n) is 12.2. The first-order valence-corrected chi connectivity index (χ1v) is 13.0. The molecule has 3 rings (SSSR count). The van der Waals surface area contributed by atoms with Gasteiger partial charge in [0.25, 0.3) is 5.56 Å². The first kappa shape index (κ1) is 25.0. The van der Waals surface area contributed by atoms with Crippen molar-refractivity contribution in [1.29, 1.82) is 0 Å². The summed E-state index contributed by atoms with van der Waals surface area (Å²) in [5.41, 5.74) is 6.30. The second-order valence-electron chi connectivity index (χ2n) is 9.84. The van der Waals surface area contributed by atoms with Crippen LogP contribution in [0.1, 0.15) is 80.8 Å². The van der Waals surface area contributed by atoms with Crippen molar-refractivity contribution >= 4 is 21.6 Å². The summed E-state index contributed by atoms with van der Waals surface area (Å²) in [7, 11) is 0. The lowest BCUT2D eigenvalue weighted by Crippen LogP contribution is -2.48. The van der Waals surface area contributed by atoms with Crippen molar-refractivity contribution in [3.8, 4) is 0 Å². The van der Waals surface area contributed by atoms with Crippen LogP contribution in [0.25, 0.3) is 0 Å². The number of aromatic nitrogens is 1. The van der Waals surface area contributed by atoms with Crippen LogP contribution in [0, 0.1) is 32.6 Å². The SMILES string of the molecule is CCNc1cc(Br)cc(C(C)(NCc2c(C)cc(C)[nH]c2=O)C(C)C2CCCCC2)c1C. The Morgan fingerprint density at radius 2 is 1.84 bits per heavy atom. The molecule has 1 aromatic carbocycles. The molecule has 4 nitrogen and oxygen atoms in total. The number of pyridine rings is 1. The Kier molecular flexibility index (Phi) is 8.26. The molecule has 1 aromatic heterocycles. The van der Waals surface area contributed by atoms with Crippen LogP contribution in [0.2, 0.25) is 0 Å². The lowest BCUT2D eigenvalue weighted by atomic mass is 9.68. The summed E-state index contributed by atoms with van der Waals surface area (Å²) in [4.78, 5) is 15.7. The minimum atomic E-state index is -0.260. The number of anilines is 1. The van der Waals surface area contributed by atoms with Crippen LogP contribution in [0.5, 0.6) is 0 Å². The smallest absolute Gasteiger partial charge is 0.252 e. The minimum absolute atomic E-state index is 0.0157. The summed E-state index contributed by atoms with van der Waals surface area (Å²) in [5.74, 6) is 1.12. The van der Waals surface area contributed by atoms with Gasteiger partial charge in [-0.1, -0.05) is 55.0 Å². The number of benzene rings is 1. The van der Waals surface area contributed by atoms with Crippen LogP contribution < -0.4 is 16.2 Å². The van der Waals surface area contributed by atoms with Crippen LogP contribution in [0.3, 0.4) is 0 Å². The topological polar surface area (TPSA) is 56.9 Å². The van der Waals surface area contributed by atoms with Crippen molar-refractivity contribution in [2.75, 3.05) is 11.9 Å². The van der Waals surface area contributed by atoms with Gasteiger partial charge >= 0.3 is 0 Å². The summed E-state index contributed by atoms with van der Waals surface area (Å²) in [6.45, 7) is 14.5. The normalized spacial score (nSPS) is 17.7. The quantitative estimate of drug-likeness (QED) is 0.376. The van der Waals surface area contributed by atoms with Gasteiger partial charge in [0, 0.05) is 40.0 Å². The second kappa shape index (κ2) is 10.6. The predicted molar refractivity (Wildman–Crippen MR) is 140 cm³/mol. The Balaban J connectivity index is 2.05. The average molecular weight is 503 g/mol.